The molecule has 2 fully saturated rings. The van der Waals surface area contributed by atoms with Crippen molar-refractivity contribution in [2.75, 3.05) is 23.0 Å². The summed E-state index contributed by atoms with van der Waals surface area (Å²) in [6, 6.07) is 0. The molecule has 0 bridgehead atoms. The summed E-state index contributed by atoms with van der Waals surface area (Å²) in [5, 5.41) is 1.67. The van der Waals surface area contributed by atoms with Crippen molar-refractivity contribution in [3.63, 3.8) is 0 Å². The highest BCUT2D eigenvalue weighted by Crippen LogP contribution is 2.30. The van der Waals surface area contributed by atoms with E-state index in [9.17, 15) is 0 Å². The minimum absolute atomic E-state index is 0.834. The van der Waals surface area contributed by atoms with Crippen LogP contribution < -0.4 is 0 Å². The Morgan fingerprint density at radius 1 is 0.875 bits per heavy atom. The van der Waals surface area contributed by atoms with Crippen molar-refractivity contribution in [3.8, 4) is 0 Å². The predicted molar refractivity (Wildman–Crippen MR) is 84.9 cm³/mol. The van der Waals surface area contributed by atoms with Gasteiger partial charge in [-0.15, -0.1) is 0 Å². The molecule has 4 heteroatoms. The summed E-state index contributed by atoms with van der Waals surface area (Å²) < 4.78 is 0. The first-order valence-corrected chi connectivity index (χ1v) is 10.3. The fraction of sp³-hybridized carbons (Fsp3) is 0.667. The normalized spacial score (nSPS) is 29.5. The van der Waals surface area contributed by atoms with E-state index in [1.54, 1.807) is 0 Å². The van der Waals surface area contributed by atoms with Crippen molar-refractivity contribution < 1.29 is 0 Å². The van der Waals surface area contributed by atoms with E-state index in [2.05, 4.69) is 47.8 Å². The smallest absolute Gasteiger partial charge is 0.0235 e. The van der Waals surface area contributed by atoms with Crippen LogP contribution in [-0.2, 0) is 0 Å². The van der Waals surface area contributed by atoms with Gasteiger partial charge in [-0.05, 0) is 24.3 Å². The second kappa shape index (κ2) is 8.06. The molecule has 0 saturated carbocycles. The Hall–Kier alpha value is 0.880. The van der Waals surface area contributed by atoms with Crippen LogP contribution in [0.2, 0.25) is 0 Å². The molecule has 0 aliphatic carbocycles. The maximum Gasteiger partial charge on any atom is 0.0235 e. The van der Waals surface area contributed by atoms with Gasteiger partial charge in [0.15, 0.2) is 0 Å². The third kappa shape index (κ3) is 5.03. The third-order valence-electron chi connectivity index (χ3n) is 2.58. The maximum absolute atomic E-state index is 2.38. The van der Waals surface area contributed by atoms with Gasteiger partial charge < -0.3 is 0 Å². The fourth-order valence-electron chi connectivity index (χ4n) is 1.40. The van der Waals surface area contributed by atoms with Gasteiger partial charge in [-0.3, -0.25) is 0 Å². The fourth-order valence-corrected chi connectivity index (χ4v) is 4.48. The van der Waals surface area contributed by atoms with Gasteiger partial charge in [0.1, 0.15) is 0 Å². The molecule has 90 valence electrons. The third-order valence-corrected chi connectivity index (χ3v) is 7.31. The van der Waals surface area contributed by atoms with Crippen LogP contribution in [0.4, 0.5) is 0 Å². The molecule has 0 N–H and O–H groups in total. The van der Waals surface area contributed by atoms with E-state index in [1.165, 1.54) is 24.3 Å². The zero-order chi connectivity index (χ0) is 11.1. The van der Waals surface area contributed by atoms with Gasteiger partial charge in [-0.2, -0.15) is 23.5 Å². The molecular formula is C12H18S4. The van der Waals surface area contributed by atoms with E-state index in [0.717, 1.165) is 22.0 Å². The SMILES string of the molecule is C(=CC1CCS1)CSSCC=CC1CCS1. The van der Waals surface area contributed by atoms with Crippen LogP contribution in [0.5, 0.6) is 0 Å². The molecule has 2 atom stereocenters. The number of hydrogen-bond acceptors (Lipinski definition) is 4. The van der Waals surface area contributed by atoms with Gasteiger partial charge in [-0.25, -0.2) is 0 Å². The standard InChI is InChI=1S/C12H18S4/c1(3-11-5-9-13-11)7-15-16-8-2-4-12-6-10-14-12/h1-4,11-12H,5-10H2. The van der Waals surface area contributed by atoms with Crippen LogP contribution in [0.1, 0.15) is 12.8 Å². The first-order valence-electron chi connectivity index (χ1n) is 5.76. The van der Waals surface area contributed by atoms with E-state index >= 15 is 0 Å². The molecule has 2 aliphatic heterocycles. The Labute approximate surface area is 115 Å². The Morgan fingerprint density at radius 2 is 1.31 bits per heavy atom. The molecule has 0 nitrogen and oxygen atoms in total. The van der Waals surface area contributed by atoms with Crippen molar-refractivity contribution in [2.45, 2.75) is 23.3 Å². The molecule has 2 rings (SSSR count). The maximum atomic E-state index is 2.38. The highest BCUT2D eigenvalue weighted by Gasteiger charge is 2.14. The molecule has 2 heterocycles. The van der Waals surface area contributed by atoms with Gasteiger partial charge in [-0.1, -0.05) is 45.9 Å². The summed E-state index contributed by atoms with van der Waals surface area (Å²) in [5.41, 5.74) is 0. The van der Waals surface area contributed by atoms with Crippen molar-refractivity contribution in [3.05, 3.63) is 24.3 Å². The minimum atomic E-state index is 0.834. The average Bonchev–Trinajstić information content (AvgIpc) is 2.15. The quantitative estimate of drug-likeness (QED) is 0.385. The lowest BCUT2D eigenvalue weighted by atomic mass is 10.3. The van der Waals surface area contributed by atoms with Crippen LogP contribution in [0.3, 0.4) is 0 Å². The molecular weight excluding hydrogens is 272 g/mol. The van der Waals surface area contributed by atoms with Crippen molar-refractivity contribution in [1.82, 2.24) is 0 Å². The topological polar surface area (TPSA) is 0 Å². The van der Waals surface area contributed by atoms with E-state index < -0.39 is 0 Å². The monoisotopic (exact) mass is 290 g/mol. The second-order valence-corrected chi connectivity index (χ2v) is 9.07. The zero-order valence-electron chi connectivity index (χ0n) is 9.34. The van der Waals surface area contributed by atoms with Crippen molar-refractivity contribution in [2.24, 2.45) is 0 Å². The molecule has 0 aromatic heterocycles. The lowest BCUT2D eigenvalue weighted by molar-refractivity contribution is 0.928. The Morgan fingerprint density at radius 3 is 1.62 bits per heavy atom. The lowest BCUT2D eigenvalue weighted by Crippen LogP contribution is -2.11. The number of rotatable bonds is 7. The molecule has 0 spiro atoms. The number of thioether (sulfide) groups is 2. The second-order valence-electron chi connectivity index (χ2n) is 3.82. The van der Waals surface area contributed by atoms with Crippen LogP contribution in [0.15, 0.2) is 24.3 Å². The van der Waals surface area contributed by atoms with Crippen LogP contribution >= 0.6 is 45.1 Å². The Kier molecular flexibility index (Phi) is 6.71. The molecule has 0 aromatic rings. The molecule has 2 aliphatic rings. The summed E-state index contributed by atoms with van der Waals surface area (Å²) in [5.74, 6) is 5.04. The van der Waals surface area contributed by atoms with Gasteiger partial charge in [0.25, 0.3) is 0 Å². The van der Waals surface area contributed by atoms with E-state index in [1.807, 2.05) is 21.6 Å². The minimum Gasteiger partial charge on any atom is -0.154 e. The lowest BCUT2D eigenvalue weighted by Gasteiger charge is -2.20. The van der Waals surface area contributed by atoms with E-state index in [4.69, 9.17) is 0 Å². The zero-order valence-corrected chi connectivity index (χ0v) is 12.6. The molecule has 0 amide bonds. The summed E-state index contributed by atoms with van der Waals surface area (Å²) in [6.07, 6.45) is 12.2. The molecule has 0 radical (unpaired) electrons. The highest BCUT2D eigenvalue weighted by molar-refractivity contribution is 8.76. The van der Waals surface area contributed by atoms with E-state index in [0.29, 0.717) is 0 Å². The van der Waals surface area contributed by atoms with Crippen LogP contribution in [-0.4, -0.2) is 33.5 Å². The molecule has 0 aromatic carbocycles. The molecule has 2 saturated heterocycles. The van der Waals surface area contributed by atoms with Crippen molar-refractivity contribution >= 4 is 45.1 Å². The summed E-state index contributed by atoms with van der Waals surface area (Å²) in [4.78, 5) is 0. The van der Waals surface area contributed by atoms with Gasteiger partial charge in [0, 0.05) is 22.0 Å². The van der Waals surface area contributed by atoms with Crippen LogP contribution in [0, 0.1) is 0 Å². The summed E-state index contributed by atoms with van der Waals surface area (Å²) in [6.45, 7) is 0. The molecule has 2 unspecified atom stereocenters. The number of hydrogen-bond donors (Lipinski definition) is 0. The summed E-state index contributed by atoms with van der Waals surface area (Å²) >= 11 is 4.15. The van der Waals surface area contributed by atoms with Gasteiger partial charge >= 0.3 is 0 Å². The Balaban J connectivity index is 1.39. The first kappa shape index (κ1) is 13.3. The largest absolute Gasteiger partial charge is 0.154 e. The highest BCUT2D eigenvalue weighted by atomic mass is 33.1. The van der Waals surface area contributed by atoms with Gasteiger partial charge in [0.05, 0.1) is 0 Å². The molecule has 16 heavy (non-hydrogen) atoms. The van der Waals surface area contributed by atoms with Gasteiger partial charge in [0.2, 0.25) is 0 Å². The van der Waals surface area contributed by atoms with Crippen LogP contribution in [0.25, 0.3) is 0 Å². The predicted octanol–water partition coefficient (Wildman–Crippen LogP) is 4.49. The first-order chi connectivity index (χ1) is 7.95. The average molecular weight is 291 g/mol. The van der Waals surface area contributed by atoms with E-state index in [-0.39, 0.29) is 0 Å². The summed E-state index contributed by atoms with van der Waals surface area (Å²) in [7, 11) is 3.94. The Bertz CT molecular complexity index is 215. The van der Waals surface area contributed by atoms with Crippen molar-refractivity contribution in [1.29, 1.82) is 0 Å².